The Bertz CT molecular complexity index is 1330. The molecule has 1 fully saturated rings. The number of amides is 7. The molecule has 7 N–H and O–H groups in total. The van der Waals surface area contributed by atoms with Gasteiger partial charge in [0.2, 0.25) is 29.5 Å². The number of nitrogens with zero attached hydrogens (tertiary/aromatic N) is 2. The van der Waals surface area contributed by atoms with Crippen molar-refractivity contribution in [2.45, 2.75) is 116 Å². The number of hydrogen-bond acceptors (Lipinski definition) is 8. The summed E-state index contributed by atoms with van der Waals surface area (Å²) in [6.45, 7) is 10.8. The van der Waals surface area contributed by atoms with Crippen LogP contribution in [-0.2, 0) is 63.1 Å². The normalized spacial score (nSPS) is 16.4. The number of hydrogen-bond donors (Lipinski definition) is 6. The van der Waals surface area contributed by atoms with Crippen LogP contribution in [-0.4, -0.2) is 116 Å². The number of urea groups is 1. The van der Waals surface area contributed by atoms with Crippen LogP contribution in [0.5, 0.6) is 0 Å². The maximum Gasteiger partial charge on any atom is 0.245 e. The molecule has 0 unspecified atom stereocenters. The van der Waals surface area contributed by atoms with Gasteiger partial charge in [-0.05, 0) is 104 Å². The van der Waals surface area contributed by atoms with E-state index in [-0.39, 0.29) is 56.3 Å². The Morgan fingerprint density at radius 3 is 2.04 bits per heavy atom. The van der Waals surface area contributed by atoms with Gasteiger partial charge in [-0.1, -0.05) is 38.1 Å². The summed E-state index contributed by atoms with van der Waals surface area (Å²) in [6, 6.07) is 2.18. The fourth-order valence-electron chi connectivity index (χ4n) is 5.98. The van der Waals surface area contributed by atoms with Gasteiger partial charge in [-0.3, -0.25) is 28.8 Å². The SMILES string of the molecule is CNC(=O)[C@@H](C)NC(=O)[C@@H]1CCCN1C(=O)[C@H](CCCCN(C)C(C)C)NC(=O)[C@H](CC(C)C)NC(=O)[C@@H](Cc1ccc(NC([NH-])=O)cc1)NC.[Y]. The molecule has 7 amide bonds. The molecule has 1 heterocycles. The number of carbonyl (C=O) groups is 6. The van der Waals surface area contributed by atoms with Gasteiger partial charge in [-0.15, -0.1) is 0 Å². The van der Waals surface area contributed by atoms with Gasteiger partial charge in [-0.25, -0.2) is 0 Å². The second-order valence-electron chi connectivity index (χ2n) is 14.1. The number of carbonyl (C=O) groups excluding carboxylic acids is 6. The number of rotatable bonds is 20. The molecule has 0 bridgehead atoms. The number of benzene rings is 1. The number of likely N-dealkylation sites (N-methyl/N-ethyl adjacent to an activating group) is 2. The van der Waals surface area contributed by atoms with Crippen LogP contribution in [0.25, 0.3) is 5.73 Å². The van der Waals surface area contributed by atoms with Crippen LogP contribution in [0.2, 0.25) is 0 Å². The molecule has 2 rings (SSSR count). The molecule has 1 aliphatic rings. The Balaban J connectivity index is 0.0000135. The molecule has 15 nitrogen and oxygen atoms in total. The Hall–Kier alpha value is -3.14. The maximum absolute atomic E-state index is 14.1. The number of anilines is 1. The number of unbranched alkanes of at least 4 members (excludes halogenated alkanes) is 1. The summed E-state index contributed by atoms with van der Waals surface area (Å²) in [5.41, 5.74) is 8.34. The predicted molar refractivity (Wildman–Crippen MR) is 198 cm³/mol. The van der Waals surface area contributed by atoms with E-state index in [0.29, 0.717) is 56.8 Å². The fourth-order valence-corrected chi connectivity index (χ4v) is 5.98. The van der Waals surface area contributed by atoms with E-state index in [1.54, 1.807) is 38.2 Å². The molecule has 5 atom stereocenters. The van der Waals surface area contributed by atoms with E-state index in [9.17, 15) is 28.8 Å². The van der Waals surface area contributed by atoms with Crippen molar-refractivity contribution in [3.63, 3.8) is 0 Å². The van der Waals surface area contributed by atoms with Crippen LogP contribution in [0, 0.1) is 5.92 Å². The summed E-state index contributed by atoms with van der Waals surface area (Å²) >= 11 is 0. The van der Waals surface area contributed by atoms with Crippen LogP contribution in [0.1, 0.15) is 78.7 Å². The van der Waals surface area contributed by atoms with Gasteiger partial charge in [0.1, 0.15) is 24.2 Å². The molecular weight excluding hydrogens is 743 g/mol. The molecule has 1 saturated heterocycles. The van der Waals surface area contributed by atoms with Crippen LogP contribution in [0.4, 0.5) is 10.5 Å². The van der Waals surface area contributed by atoms with E-state index >= 15 is 0 Å². The van der Waals surface area contributed by atoms with Crippen LogP contribution < -0.4 is 31.9 Å². The van der Waals surface area contributed by atoms with Gasteiger partial charge in [0.05, 0.1) is 6.04 Å². The molecule has 52 heavy (non-hydrogen) atoms. The molecule has 0 aromatic heterocycles. The van der Waals surface area contributed by atoms with E-state index < -0.39 is 48.1 Å². The van der Waals surface area contributed by atoms with Crippen molar-refractivity contribution in [2.75, 3.05) is 39.5 Å². The van der Waals surface area contributed by atoms with Crippen molar-refractivity contribution in [3.05, 3.63) is 35.6 Å². The van der Waals surface area contributed by atoms with Crippen LogP contribution >= 0.6 is 0 Å². The number of likely N-dealkylation sites (tertiary alicyclic amines) is 1. The van der Waals surface area contributed by atoms with Gasteiger partial charge >= 0.3 is 0 Å². The number of nitrogens with one attached hydrogen (secondary N) is 7. The molecule has 1 radical (unpaired) electrons. The third-order valence-corrected chi connectivity index (χ3v) is 9.24. The Kier molecular flexibility index (Phi) is 21.2. The molecular formula is C36H60N9O6Y-. The average molecular weight is 804 g/mol. The zero-order chi connectivity index (χ0) is 38.2. The van der Waals surface area contributed by atoms with Crippen molar-refractivity contribution in [1.29, 1.82) is 0 Å². The average Bonchev–Trinajstić information content (AvgIpc) is 3.57. The molecule has 289 valence electrons. The van der Waals surface area contributed by atoms with Crippen molar-refractivity contribution in [1.82, 2.24) is 36.4 Å². The second kappa shape index (κ2) is 23.5. The molecule has 16 heteroatoms. The largest absolute Gasteiger partial charge is 0.447 e. The van der Waals surface area contributed by atoms with Gasteiger partial charge in [-0.2, -0.15) is 0 Å². The zero-order valence-electron chi connectivity index (χ0n) is 32.1. The Morgan fingerprint density at radius 1 is 0.865 bits per heavy atom. The Labute approximate surface area is 334 Å². The zero-order valence-corrected chi connectivity index (χ0v) is 35.0. The first-order valence-electron chi connectivity index (χ1n) is 18.0. The van der Waals surface area contributed by atoms with Crippen molar-refractivity contribution >= 4 is 41.3 Å². The monoisotopic (exact) mass is 803 g/mol. The smallest absolute Gasteiger partial charge is 0.245 e. The summed E-state index contributed by atoms with van der Waals surface area (Å²) in [5, 5.41) is 16.5. The topological polar surface area (TPSA) is 205 Å². The van der Waals surface area contributed by atoms with Crippen molar-refractivity contribution < 1.29 is 61.5 Å². The first-order valence-corrected chi connectivity index (χ1v) is 18.0. The molecule has 0 aliphatic carbocycles. The van der Waals surface area contributed by atoms with E-state index in [1.807, 2.05) is 20.9 Å². The molecule has 0 saturated carbocycles. The minimum atomic E-state index is -0.925. The third-order valence-electron chi connectivity index (χ3n) is 9.24. The molecule has 1 aromatic carbocycles. The summed E-state index contributed by atoms with van der Waals surface area (Å²) in [5.74, 6) is -1.94. The molecule has 1 aliphatic heterocycles. The molecule has 1 aromatic rings. The minimum Gasteiger partial charge on any atom is -0.447 e. The summed E-state index contributed by atoms with van der Waals surface area (Å²) in [4.78, 5) is 81.6. The van der Waals surface area contributed by atoms with E-state index in [1.165, 1.54) is 11.9 Å². The van der Waals surface area contributed by atoms with Crippen molar-refractivity contribution in [3.8, 4) is 0 Å². The summed E-state index contributed by atoms with van der Waals surface area (Å²) in [6.07, 6.45) is 3.49. The van der Waals surface area contributed by atoms with E-state index in [4.69, 9.17) is 5.73 Å². The Morgan fingerprint density at radius 2 is 1.48 bits per heavy atom. The first-order chi connectivity index (χ1) is 24.1. The van der Waals surface area contributed by atoms with E-state index in [0.717, 1.165) is 18.5 Å². The minimum absolute atomic E-state index is 0. The van der Waals surface area contributed by atoms with Gasteiger partial charge < -0.3 is 47.4 Å². The quantitative estimate of drug-likeness (QED) is 0.108. The van der Waals surface area contributed by atoms with Gasteiger partial charge in [0, 0.05) is 52.3 Å². The molecule has 0 spiro atoms. The van der Waals surface area contributed by atoms with Gasteiger partial charge in [0.15, 0.2) is 6.03 Å². The fraction of sp³-hybridized carbons (Fsp3) is 0.667. The maximum atomic E-state index is 14.1. The standard InChI is InChI=1S/C36H61N9O6.Y/c1-22(2)20-29(43-32(47)28(38-6)21-25-14-16-26(17-15-25)41-36(37)51)33(48)42-27(12-9-10-18-44(8)23(3)4)35(50)45-19-11-13-30(45)34(49)40-24(5)31(46)39-7;/h14-17,22-24,27-30,38H,9-13,18-21H2,1-8H3,(H7,37,39,40,41,42,43,46,47,48,49,51);/p-1/t24-,27+,28-,29+,30+;/m1./s1. The second-order valence-corrected chi connectivity index (χ2v) is 14.1. The third kappa shape index (κ3) is 15.5. The van der Waals surface area contributed by atoms with Crippen molar-refractivity contribution in [2.24, 2.45) is 5.92 Å². The van der Waals surface area contributed by atoms with E-state index in [2.05, 4.69) is 50.6 Å². The summed E-state index contributed by atoms with van der Waals surface area (Å²) in [7, 11) is 5.17. The van der Waals surface area contributed by atoms with Crippen LogP contribution in [0.3, 0.4) is 0 Å². The first kappa shape index (κ1) is 46.9. The predicted octanol–water partition coefficient (Wildman–Crippen LogP) is 2.17. The van der Waals surface area contributed by atoms with Crippen LogP contribution in [0.15, 0.2) is 24.3 Å². The van der Waals surface area contributed by atoms with Gasteiger partial charge in [0.25, 0.3) is 0 Å². The summed E-state index contributed by atoms with van der Waals surface area (Å²) < 4.78 is 0.